The summed E-state index contributed by atoms with van der Waals surface area (Å²) >= 11 is 0. The van der Waals surface area contributed by atoms with E-state index in [-0.39, 0.29) is 5.41 Å². The minimum Gasteiger partial charge on any atom is -0.493 e. The molecule has 3 aromatic rings. The zero-order valence-corrected chi connectivity index (χ0v) is 25.9. The van der Waals surface area contributed by atoms with E-state index in [0.717, 1.165) is 35.3 Å². The number of hydrogen-bond donors (Lipinski definition) is 0. The summed E-state index contributed by atoms with van der Waals surface area (Å²) in [5, 5.41) is 1.05. The van der Waals surface area contributed by atoms with Crippen molar-refractivity contribution in [3.63, 3.8) is 0 Å². The van der Waals surface area contributed by atoms with Crippen molar-refractivity contribution in [3.8, 4) is 11.5 Å². The summed E-state index contributed by atoms with van der Waals surface area (Å²) in [7, 11) is 2.62. The van der Waals surface area contributed by atoms with Crippen LogP contribution in [-0.2, 0) is 14.7 Å². The summed E-state index contributed by atoms with van der Waals surface area (Å²) in [6.07, 6.45) is 0. The number of rotatable bonds is 5. The lowest BCUT2D eigenvalue weighted by molar-refractivity contribution is 0.0716. The summed E-state index contributed by atoms with van der Waals surface area (Å²) in [6, 6.07) is 19.0. The van der Waals surface area contributed by atoms with Gasteiger partial charge in [-0.3, -0.25) is 0 Å². The van der Waals surface area contributed by atoms with Gasteiger partial charge in [0.1, 0.15) is 0 Å². The van der Waals surface area contributed by atoms with Crippen LogP contribution in [0.4, 0.5) is 17.1 Å². The van der Waals surface area contributed by atoms with Crippen LogP contribution in [0.15, 0.2) is 64.3 Å². The number of morpholine rings is 1. The van der Waals surface area contributed by atoms with Gasteiger partial charge in [-0.1, -0.05) is 31.5 Å². The third kappa shape index (κ3) is 4.62. The number of ether oxygens (including phenoxy) is 3. The molecule has 0 aromatic heterocycles. The van der Waals surface area contributed by atoms with Crippen molar-refractivity contribution >= 4 is 35.7 Å². The van der Waals surface area contributed by atoms with Gasteiger partial charge in [0.25, 0.3) is 0 Å². The Morgan fingerprint density at radius 2 is 1.68 bits per heavy atom. The average molecular weight is 575 g/mol. The Hall–Kier alpha value is -3.32. The van der Waals surface area contributed by atoms with Crippen LogP contribution in [0, 0.1) is 6.92 Å². The Morgan fingerprint density at radius 3 is 2.37 bits per heavy atom. The molecule has 0 bridgehead atoms. The number of methoxy groups -OCH3 is 2. The normalized spacial score (nSPS) is 23.2. The van der Waals surface area contributed by atoms with E-state index in [1.54, 1.807) is 14.2 Å². The smallest absolute Gasteiger partial charge is 0.242 e. The summed E-state index contributed by atoms with van der Waals surface area (Å²) in [6.45, 7) is 11.7. The molecule has 41 heavy (non-hydrogen) atoms. The Morgan fingerprint density at radius 1 is 0.976 bits per heavy atom. The van der Waals surface area contributed by atoms with Crippen LogP contribution in [0.1, 0.15) is 37.5 Å². The fraction of sp³-hybridized carbons (Fsp3) is 0.406. The second kappa shape index (κ2) is 10.5. The van der Waals surface area contributed by atoms with Crippen LogP contribution >= 0.6 is 7.43 Å². The summed E-state index contributed by atoms with van der Waals surface area (Å²) < 4.78 is 32.0. The maximum atomic E-state index is 7.17. The molecule has 3 aliphatic rings. The highest BCUT2D eigenvalue weighted by atomic mass is 31.2. The Balaban J connectivity index is 1.65. The quantitative estimate of drug-likeness (QED) is 0.322. The van der Waals surface area contributed by atoms with E-state index in [2.05, 4.69) is 80.7 Å². The van der Waals surface area contributed by atoms with Gasteiger partial charge in [-0.05, 0) is 61.9 Å². The van der Waals surface area contributed by atoms with E-state index in [9.17, 15) is 0 Å². The minimum absolute atomic E-state index is 0.0447. The van der Waals surface area contributed by atoms with Crippen LogP contribution in [-0.4, -0.2) is 64.2 Å². The molecule has 6 rings (SSSR count). The molecule has 3 heterocycles. The average Bonchev–Trinajstić information content (AvgIpc) is 3.16. The molecule has 0 radical (unpaired) electrons. The lowest BCUT2D eigenvalue weighted by atomic mass is 9.81. The molecule has 3 aliphatic heterocycles. The van der Waals surface area contributed by atoms with Crippen molar-refractivity contribution in [1.29, 1.82) is 0 Å². The highest BCUT2D eigenvalue weighted by molar-refractivity contribution is 7.68. The van der Waals surface area contributed by atoms with Crippen LogP contribution in [0.2, 0.25) is 0 Å². The number of hydrogen-bond acceptors (Lipinski definition) is 7. The lowest BCUT2D eigenvalue weighted by Gasteiger charge is -2.41. The first-order valence-corrected chi connectivity index (χ1v) is 15.7. The Labute approximate surface area is 243 Å². The SMILES string of the molecule is COc1ccc(C2=Nc3cc4c(cc3[P@@](=Nc3ccc(C)cc3)(N3CCOCC3)O2)C(C)(C)[C@H](C)N4C)cc1OC. The van der Waals surface area contributed by atoms with Crippen LogP contribution in [0.25, 0.3) is 0 Å². The summed E-state index contributed by atoms with van der Waals surface area (Å²) in [5.74, 6) is 1.81. The van der Waals surface area contributed by atoms with Crippen molar-refractivity contribution in [2.24, 2.45) is 9.74 Å². The maximum absolute atomic E-state index is 7.17. The molecule has 8 nitrogen and oxygen atoms in total. The van der Waals surface area contributed by atoms with Gasteiger partial charge in [-0.2, -0.15) is 0 Å². The van der Waals surface area contributed by atoms with Crippen molar-refractivity contribution in [2.75, 3.05) is 52.5 Å². The molecule has 3 aromatic carbocycles. The standard InChI is InChI=1S/C32H39N4O4P/c1-21-8-11-24(12-9-21)34-41(36-14-16-39-17-15-36)30-19-25-27(35(5)22(2)32(25,3)4)20-26(30)33-31(40-41)23-10-13-28(37-6)29(18-23)38-7/h8-13,18-20,22H,14-17H2,1-7H3/t22-,41+/m0/s1. The Kier molecular flexibility index (Phi) is 7.13. The molecule has 0 saturated carbocycles. The van der Waals surface area contributed by atoms with Gasteiger partial charge in [0.05, 0.1) is 44.1 Å². The molecule has 2 atom stereocenters. The van der Waals surface area contributed by atoms with E-state index >= 15 is 0 Å². The number of likely N-dealkylation sites (N-methyl/N-ethyl adjacent to an activating group) is 1. The van der Waals surface area contributed by atoms with E-state index in [0.29, 0.717) is 36.7 Å². The minimum atomic E-state index is -2.83. The highest BCUT2D eigenvalue weighted by Crippen LogP contribution is 2.61. The van der Waals surface area contributed by atoms with Gasteiger partial charge >= 0.3 is 0 Å². The van der Waals surface area contributed by atoms with Crippen molar-refractivity contribution in [3.05, 3.63) is 71.3 Å². The predicted molar refractivity (Wildman–Crippen MR) is 166 cm³/mol. The molecule has 0 spiro atoms. The largest absolute Gasteiger partial charge is 0.493 e. The fourth-order valence-corrected chi connectivity index (χ4v) is 8.98. The first-order valence-electron chi connectivity index (χ1n) is 14.1. The van der Waals surface area contributed by atoms with Gasteiger partial charge in [0, 0.05) is 42.8 Å². The second-order valence-corrected chi connectivity index (χ2v) is 14.0. The zero-order valence-electron chi connectivity index (χ0n) is 25.0. The molecule has 0 N–H and O–H groups in total. The third-order valence-electron chi connectivity index (χ3n) is 8.83. The number of aryl methyl sites for hydroxylation is 1. The molecule has 216 valence electrons. The molecular weight excluding hydrogens is 535 g/mol. The van der Waals surface area contributed by atoms with Crippen molar-refractivity contribution in [2.45, 2.75) is 39.2 Å². The molecular formula is C32H39N4O4P. The van der Waals surface area contributed by atoms with Gasteiger partial charge in [-0.25, -0.2) is 14.4 Å². The van der Waals surface area contributed by atoms with E-state index in [4.69, 9.17) is 28.5 Å². The first-order chi connectivity index (χ1) is 19.7. The van der Waals surface area contributed by atoms with E-state index < -0.39 is 7.43 Å². The highest BCUT2D eigenvalue weighted by Gasteiger charge is 2.46. The molecule has 1 saturated heterocycles. The molecule has 0 unspecified atom stereocenters. The summed E-state index contributed by atoms with van der Waals surface area (Å²) in [4.78, 5) is 7.52. The van der Waals surface area contributed by atoms with Crippen molar-refractivity contribution in [1.82, 2.24) is 4.67 Å². The van der Waals surface area contributed by atoms with E-state index in [1.807, 2.05) is 18.2 Å². The number of fused-ring (bicyclic) bond motifs is 2. The number of benzene rings is 3. The third-order valence-corrected chi connectivity index (χ3v) is 11.9. The van der Waals surface area contributed by atoms with Crippen LogP contribution < -0.4 is 19.7 Å². The van der Waals surface area contributed by atoms with Gasteiger partial charge in [0.2, 0.25) is 13.3 Å². The Bertz CT molecular complexity index is 1560. The molecule has 1 fully saturated rings. The zero-order chi connectivity index (χ0) is 28.9. The van der Waals surface area contributed by atoms with Crippen LogP contribution in [0.5, 0.6) is 11.5 Å². The predicted octanol–water partition coefficient (Wildman–Crippen LogP) is 6.56. The number of nitrogens with zero attached hydrogens (tertiary/aromatic N) is 4. The van der Waals surface area contributed by atoms with Gasteiger partial charge in [0.15, 0.2) is 11.5 Å². The van der Waals surface area contributed by atoms with Gasteiger partial charge in [-0.15, -0.1) is 0 Å². The molecule has 0 amide bonds. The van der Waals surface area contributed by atoms with Gasteiger partial charge < -0.3 is 23.6 Å². The topological polar surface area (TPSA) is 68.1 Å². The second-order valence-electron chi connectivity index (χ2n) is 11.5. The monoisotopic (exact) mass is 574 g/mol. The molecule has 0 aliphatic carbocycles. The number of aliphatic imine (C=N–C) groups is 1. The first kappa shape index (κ1) is 27.8. The fourth-order valence-electron chi connectivity index (χ4n) is 5.94. The maximum Gasteiger partial charge on any atom is 0.242 e. The van der Waals surface area contributed by atoms with Crippen LogP contribution in [0.3, 0.4) is 0 Å². The lowest BCUT2D eigenvalue weighted by Crippen LogP contribution is -2.39. The van der Waals surface area contributed by atoms with Crippen molar-refractivity contribution < 1.29 is 18.7 Å². The summed E-state index contributed by atoms with van der Waals surface area (Å²) in [5.41, 5.74) is 6.25. The molecule has 9 heteroatoms. The number of anilines is 1. The van der Waals surface area contributed by atoms with E-state index in [1.165, 1.54) is 16.8 Å².